The summed E-state index contributed by atoms with van der Waals surface area (Å²) in [6.45, 7) is -0.493. The van der Waals surface area contributed by atoms with Crippen LogP contribution in [-0.4, -0.2) is 48.6 Å². The Morgan fingerprint density at radius 3 is 2.17 bits per heavy atom. The second kappa shape index (κ2) is 8.90. The van der Waals surface area contributed by atoms with Crippen LogP contribution < -0.4 is 9.47 Å². The SMILES string of the molecule is COc1ccc(-c2cc(C(=O)OCN3C(=O)c4ccccc4C3=O)c3ccccc3n2)cc1OC. The van der Waals surface area contributed by atoms with Gasteiger partial charge in [-0.2, -0.15) is 0 Å². The molecule has 0 radical (unpaired) electrons. The van der Waals surface area contributed by atoms with Crippen LogP contribution in [0.2, 0.25) is 0 Å². The topological polar surface area (TPSA) is 95.0 Å². The van der Waals surface area contributed by atoms with Gasteiger partial charge >= 0.3 is 5.97 Å². The van der Waals surface area contributed by atoms with E-state index in [-0.39, 0.29) is 5.56 Å². The van der Waals surface area contributed by atoms with Crippen molar-refractivity contribution in [2.24, 2.45) is 0 Å². The van der Waals surface area contributed by atoms with Crippen molar-refractivity contribution in [3.8, 4) is 22.8 Å². The lowest BCUT2D eigenvalue weighted by Gasteiger charge is -2.15. The van der Waals surface area contributed by atoms with Crippen LogP contribution in [-0.2, 0) is 4.74 Å². The Morgan fingerprint density at radius 2 is 1.49 bits per heavy atom. The fraction of sp³-hybridized carbons (Fsp3) is 0.111. The van der Waals surface area contributed by atoms with E-state index in [0.29, 0.717) is 44.8 Å². The number of carbonyl (C=O) groups excluding carboxylic acids is 3. The van der Waals surface area contributed by atoms with E-state index in [1.54, 1.807) is 67.8 Å². The highest BCUT2D eigenvalue weighted by Crippen LogP contribution is 2.33. The van der Waals surface area contributed by atoms with Crippen LogP contribution in [0.3, 0.4) is 0 Å². The summed E-state index contributed by atoms with van der Waals surface area (Å²) in [7, 11) is 3.09. The third kappa shape index (κ3) is 3.85. The first-order valence-electron chi connectivity index (χ1n) is 10.8. The molecule has 35 heavy (non-hydrogen) atoms. The number of hydrogen-bond donors (Lipinski definition) is 0. The van der Waals surface area contributed by atoms with E-state index >= 15 is 0 Å². The summed E-state index contributed by atoms with van der Waals surface area (Å²) in [5.74, 6) is -0.581. The number of ether oxygens (including phenoxy) is 3. The number of para-hydroxylation sites is 1. The summed E-state index contributed by atoms with van der Waals surface area (Å²) in [4.78, 5) is 44.0. The van der Waals surface area contributed by atoms with Gasteiger partial charge in [0.15, 0.2) is 18.2 Å². The molecule has 0 spiro atoms. The number of esters is 1. The van der Waals surface area contributed by atoms with Crippen LogP contribution in [0.4, 0.5) is 0 Å². The second-order valence-corrected chi connectivity index (χ2v) is 7.79. The van der Waals surface area contributed by atoms with E-state index in [1.165, 1.54) is 7.11 Å². The van der Waals surface area contributed by atoms with Gasteiger partial charge in [0.25, 0.3) is 11.8 Å². The van der Waals surface area contributed by atoms with Crippen LogP contribution in [0.15, 0.2) is 72.8 Å². The number of carbonyl (C=O) groups is 3. The first kappa shape index (κ1) is 22.1. The molecule has 1 aromatic heterocycles. The molecular formula is C27H20N2O6. The van der Waals surface area contributed by atoms with Gasteiger partial charge in [0.05, 0.1) is 42.1 Å². The summed E-state index contributed by atoms with van der Waals surface area (Å²) in [6, 6.07) is 20.6. The highest BCUT2D eigenvalue weighted by molar-refractivity contribution is 6.21. The molecule has 0 saturated carbocycles. The zero-order chi connectivity index (χ0) is 24.5. The minimum Gasteiger partial charge on any atom is -0.493 e. The maximum atomic E-state index is 13.2. The lowest BCUT2D eigenvalue weighted by Crippen LogP contribution is -2.33. The van der Waals surface area contributed by atoms with Crippen LogP contribution in [0.1, 0.15) is 31.1 Å². The van der Waals surface area contributed by atoms with Gasteiger partial charge in [-0.05, 0) is 42.5 Å². The van der Waals surface area contributed by atoms with Crippen molar-refractivity contribution >= 4 is 28.7 Å². The van der Waals surface area contributed by atoms with Crippen molar-refractivity contribution in [2.45, 2.75) is 0 Å². The average molecular weight is 468 g/mol. The Bertz CT molecular complexity index is 1460. The Morgan fingerprint density at radius 1 is 0.829 bits per heavy atom. The van der Waals surface area contributed by atoms with E-state index in [0.717, 1.165) is 4.90 Å². The Kier molecular flexibility index (Phi) is 5.62. The third-order valence-electron chi connectivity index (χ3n) is 5.82. The average Bonchev–Trinajstić information content (AvgIpc) is 3.15. The molecule has 3 aromatic carbocycles. The fourth-order valence-corrected chi connectivity index (χ4v) is 4.05. The molecule has 0 atom stereocenters. The first-order chi connectivity index (χ1) is 17.0. The number of imide groups is 1. The van der Waals surface area contributed by atoms with Gasteiger partial charge in [0, 0.05) is 10.9 Å². The van der Waals surface area contributed by atoms with Crippen molar-refractivity contribution in [1.82, 2.24) is 9.88 Å². The Balaban J connectivity index is 1.47. The highest BCUT2D eigenvalue weighted by atomic mass is 16.5. The van der Waals surface area contributed by atoms with Gasteiger partial charge in [-0.25, -0.2) is 14.7 Å². The fourth-order valence-electron chi connectivity index (χ4n) is 4.05. The summed E-state index contributed by atoms with van der Waals surface area (Å²) in [6.07, 6.45) is 0. The van der Waals surface area contributed by atoms with E-state index in [1.807, 2.05) is 12.1 Å². The maximum absolute atomic E-state index is 13.2. The molecule has 0 fully saturated rings. The van der Waals surface area contributed by atoms with Gasteiger partial charge in [0.1, 0.15) is 0 Å². The van der Waals surface area contributed by atoms with Gasteiger partial charge in [-0.3, -0.25) is 9.59 Å². The molecule has 2 amide bonds. The molecule has 1 aliphatic rings. The zero-order valence-corrected chi connectivity index (χ0v) is 19.0. The number of nitrogens with zero attached hydrogens (tertiary/aromatic N) is 2. The molecule has 0 saturated heterocycles. The molecule has 0 bridgehead atoms. The van der Waals surface area contributed by atoms with Crippen molar-refractivity contribution in [3.05, 3.63) is 89.5 Å². The van der Waals surface area contributed by atoms with Crippen molar-refractivity contribution in [1.29, 1.82) is 0 Å². The van der Waals surface area contributed by atoms with Gasteiger partial charge in [-0.15, -0.1) is 0 Å². The van der Waals surface area contributed by atoms with Crippen LogP contribution >= 0.6 is 0 Å². The van der Waals surface area contributed by atoms with Gasteiger partial charge in [0.2, 0.25) is 0 Å². The molecule has 0 unspecified atom stereocenters. The summed E-state index contributed by atoms with van der Waals surface area (Å²) in [5, 5.41) is 0.587. The summed E-state index contributed by atoms with van der Waals surface area (Å²) < 4.78 is 16.1. The Labute approximate surface area is 200 Å². The quantitative estimate of drug-likeness (QED) is 0.307. The summed E-state index contributed by atoms with van der Waals surface area (Å²) in [5.41, 5.74) is 2.67. The number of benzene rings is 3. The third-order valence-corrected chi connectivity index (χ3v) is 5.82. The molecule has 8 heteroatoms. The van der Waals surface area contributed by atoms with Crippen LogP contribution in [0.25, 0.3) is 22.2 Å². The molecule has 1 aliphatic heterocycles. The molecule has 8 nitrogen and oxygen atoms in total. The number of hydrogen-bond acceptors (Lipinski definition) is 7. The van der Waals surface area contributed by atoms with Gasteiger partial charge in [-0.1, -0.05) is 30.3 Å². The summed E-state index contributed by atoms with van der Waals surface area (Å²) >= 11 is 0. The maximum Gasteiger partial charge on any atom is 0.340 e. The van der Waals surface area contributed by atoms with Crippen LogP contribution in [0.5, 0.6) is 11.5 Å². The molecule has 0 aliphatic carbocycles. The molecule has 5 rings (SSSR count). The molecule has 174 valence electrons. The molecule has 4 aromatic rings. The number of amides is 2. The normalized spacial score (nSPS) is 12.6. The molecule has 2 heterocycles. The number of pyridine rings is 1. The predicted octanol–water partition coefficient (Wildman–Crippen LogP) is 4.33. The number of rotatable bonds is 6. The van der Waals surface area contributed by atoms with Gasteiger partial charge < -0.3 is 14.2 Å². The smallest absolute Gasteiger partial charge is 0.340 e. The number of fused-ring (bicyclic) bond motifs is 2. The number of aromatic nitrogens is 1. The van der Waals surface area contributed by atoms with Crippen molar-refractivity contribution in [3.63, 3.8) is 0 Å². The van der Waals surface area contributed by atoms with E-state index in [9.17, 15) is 14.4 Å². The minimum absolute atomic E-state index is 0.261. The standard InChI is InChI=1S/C27H20N2O6/c1-33-23-12-11-16(13-24(23)34-2)22-14-20(17-7-5-6-10-21(17)28-22)27(32)35-15-29-25(30)18-8-3-4-9-19(18)26(29)31/h3-14H,15H2,1-2H3. The minimum atomic E-state index is -0.679. The van der Waals surface area contributed by atoms with E-state index in [4.69, 9.17) is 14.2 Å². The lowest BCUT2D eigenvalue weighted by atomic mass is 10.0. The molecular weight excluding hydrogens is 448 g/mol. The largest absolute Gasteiger partial charge is 0.493 e. The first-order valence-corrected chi connectivity index (χ1v) is 10.8. The monoisotopic (exact) mass is 468 g/mol. The Hall–Kier alpha value is -4.72. The van der Waals surface area contributed by atoms with Crippen molar-refractivity contribution < 1.29 is 28.6 Å². The van der Waals surface area contributed by atoms with E-state index < -0.39 is 24.5 Å². The van der Waals surface area contributed by atoms with Crippen molar-refractivity contribution in [2.75, 3.05) is 21.0 Å². The van der Waals surface area contributed by atoms with Crippen LogP contribution in [0, 0.1) is 0 Å². The second-order valence-electron chi connectivity index (χ2n) is 7.79. The van der Waals surface area contributed by atoms with E-state index in [2.05, 4.69) is 4.98 Å². The highest BCUT2D eigenvalue weighted by Gasteiger charge is 2.36. The number of methoxy groups -OCH3 is 2. The zero-order valence-electron chi connectivity index (χ0n) is 19.0. The molecule has 0 N–H and O–H groups in total. The lowest BCUT2D eigenvalue weighted by molar-refractivity contribution is 0.0229. The predicted molar refractivity (Wildman–Crippen MR) is 128 cm³/mol.